The number of fused-ring (bicyclic) bond motifs is 2. The van der Waals surface area contributed by atoms with Gasteiger partial charge in [0.05, 0.1) is 0 Å². The van der Waals surface area contributed by atoms with Crippen LogP contribution in [0.2, 0.25) is 5.31 Å². The molecule has 6 aliphatic rings. The second kappa shape index (κ2) is 1.08. The molecule has 0 radical (unpaired) electrons. The fourth-order valence-electron chi connectivity index (χ4n) is 8.51. The molecular weight excluding hydrogens is 155 g/mol. The largest absolute Gasteiger partial charge is 0.110 e. The minimum absolute atomic E-state index is 0.883. The third kappa shape index (κ3) is 0.223. The maximum absolute atomic E-state index is 2.62. The molecule has 0 bridgehead atoms. The highest BCUT2D eigenvalue weighted by Crippen LogP contribution is 3.10. The molecule has 2 spiro atoms. The van der Waals surface area contributed by atoms with Crippen LogP contribution in [0.3, 0.4) is 0 Å². The first kappa shape index (κ1) is 5.83. The normalized spacial score (nSPS) is 93.4. The highest BCUT2D eigenvalue weighted by molar-refractivity contribution is 6.18. The molecule has 0 saturated heterocycles. The van der Waals surface area contributed by atoms with Gasteiger partial charge in [0.25, 0.3) is 0 Å². The van der Waals surface area contributed by atoms with Crippen LogP contribution in [0, 0.1) is 40.4 Å². The molecule has 6 rings (SSSR count). The van der Waals surface area contributed by atoms with Gasteiger partial charge in [0.2, 0.25) is 0 Å². The van der Waals surface area contributed by atoms with Crippen molar-refractivity contribution in [3.63, 3.8) is 0 Å². The first-order valence-electron chi connectivity index (χ1n) is 6.27. The van der Waals surface area contributed by atoms with Crippen molar-refractivity contribution in [2.24, 2.45) is 40.4 Å². The zero-order chi connectivity index (χ0) is 8.22. The van der Waals surface area contributed by atoms with Crippen molar-refractivity contribution in [1.29, 1.82) is 0 Å². The van der Waals surface area contributed by atoms with E-state index < -0.39 is 0 Å². The molecule has 4 unspecified atom stereocenters. The van der Waals surface area contributed by atoms with Crippen molar-refractivity contribution in [1.82, 2.24) is 0 Å². The van der Waals surface area contributed by atoms with Crippen molar-refractivity contribution < 1.29 is 0 Å². The first-order chi connectivity index (χ1) is 6.27. The predicted octanol–water partition coefficient (Wildman–Crippen LogP) is 1.47. The van der Waals surface area contributed by atoms with E-state index in [9.17, 15) is 0 Å². The zero-order valence-corrected chi connectivity index (χ0v) is 8.22. The van der Waals surface area contributed by atoms with Crippen LogP contribution in [-0.2, 0) is 0 Å². The van der Waals surface area contributed by atoms with Crippen molar-refractivity contribution in [2.45, 2.75) is 31.0 Å². The average molecular weight is 170 g/mol. The van der Waals surface area contributed by atoms with E-state index in [1.165, 1.54) is 29.6 Å². The third-order valence-corrected chi connectivity index (χ3v) is 8.18. The number of hydrogen-bond acceptors (Lipinski definition) is 0. The molecule has 0 aromatic heterocycles. The van der Waals surface area contributed by atoms with Gasteiger partial charge in [0, 0.05) is 0 Å². The number of rotatable bonds is 0. The Bertz CT molecular complexity index is 361. The Hall–Kier alpha value is 0.0649. The number of hydrogen-bond donors (Lipinski definition) is 0. The molecule has 66 valence electrons. The van der Waals surface area contributed by atoms with Crippen molar-refractivity contribution in [2.75, 3.05) is 0 Å². The summed E-state index contributed by atoms with van der Waals surface area (Å²) in [5.74, 6) is 6.28. The summed E-state index contributed by atoms with van der Waals surface area (Å²) in [6, 6.07) is 0. The van der Waals surface area contributed by atoms with Crippen LogP contribution in [0.4, 0.5) is 0 Å². The topological polar surface area (TPSA) is 0 Å². The quantitative estimate of drug-likeness (QED) is 0.483. The standard InChI is InChI=1S/C12H15B/c13-10-3-8-6-1-5-2-7-9(4-10)12(8,10)11(5,6)7/h5-9H,1-4,13H2. The van der Waals surface area contributed by atoms with Crippen molar-refractivity contribution in [3.8, 4) is 0 Å². The molecule has 13 heavy (non-hydrogen) atoms. The highest BCUT2D eigenvalue weighted by Gasteiger charge is 3.04. The van der Waals surface area contributed by atoms with Gasteiger partial charge in [-0.15, -0.1) is 0 Å². The van der Waals surface area contributed by atoms with Crippen LogP contribution in [0.5, 0.6) is 0 Å². The summed E-state index contributed by atoms with van der Waals surface area (Å²) >= 11 is 0. The lowest BCUT2D eigenvalue weighted by Crippen LogP contribution is -3.02. The van der Waals surface area contributed by atoms with Gasteiger partial charge in [0.15, 0.2) is 0 Å². The van der Waals surface area contributed by atoms with Crippen molar-refractivity contribution >= 4 is 7.85 Å². The zero-order valence-electron chi connectivity index (χ0n) is 8.22. The summed E-state index contributed by atoms with van der Waals surface area (Å²) in [5, 5.41) is 0.883. The molecule has 0 amide bonds. The summed E-state index contributed by atoms with van der Waals surface area (Å²) in [7, 11) is 2.62. The molecule has 0 N–H and O–H groups in total. The summed E-state index contributed by atoms with van der Waals surface area (Å²) in [4.78, 5) is 0. The van der Waals surface area contributed by atoms with Gasteiger partial charge in [0.1, 0.15) is 7.85 Å². The SMILES string of the molecule is BC12CC3C4CC5CC6C(C1)C32C546. The summed E-state index contributed by atoms with van der Waals surface area (Å²) in [5.41, 5.74) is 2.05. The Kier molecular flexibility index (Phi) is 0.482. The van der Waals surface area contributed by atoms with Crippen LogP contribution < -0.4 is 0 Å². The molecule has 0 nitrogen and oxygen atoms in total. The first-order valence-corrected chi connectivity index (χ1v) is 6.27. The average Bonchev–Trinajstić information content (AvgIpc) is 2.03. The van der Waals surface area contributed by atoms with Crippen LogP contribution in [-0.4, -0.2) is 7.85 Å². The minimum atomic E-state index is 0.883. The molecule has 0 aromatic rings. The van der Waals surface area contributed by atoms with Gasteiger partial charge >= 0.3 is 0 Å². The minimum Gasteiger partial charge on any atom is -0.0512 e. The Balaban J connectivity index is 1.67. The molecule has 4 atom stereocenters. The van der Waals surface area contributed by atoms with Gasteiger partial charge in [-0.05, 0) is 53.3 Å². The lowest BCUT2D eigenvalue weighted by molar-refractivity contribution is -0.581. The second-order valence-electron chi connectivity index (χ2n) is 7.37. The summed E-state index contributed by atoms with van der Waals surface area (Å²) < 4.78 is 0. The van der Waals surface area contributed by atoms with Crippen LogP contribution in [0.25, 0.3) is 0 Å². The molecule has 6 saturated carbocycles. The Morgan fingerprint density at radius 3 is 1.92 bits per heavy atom. The van der Waals surface area contributed by atoms with E-state index in [0.717, 1.165) is 16.1 Å². The fourth-order valence-corrected chi connectivity index (χ4v) is 8.51. The van der Waals surface area contributed by atoms with Gasteiger partial charge in [-0.25, -0.2) is 0 Å². The molecule has 6 aliphatic carbocycles. The molecular formula is C12H15B. The lowest BCUT2D eigenvalue weighted by atomic mass is 8.93. The predicted molar refractivity (Wildman–Crippen MR) is 52.0 cm³/mol. The van der Waals surface area contributed by atoms with E-state index in [1.807, 2.05) is 0 Å². The van der Waals surface area contributed by atoms with Crippen LogP contribution in [0.15, 0.2) is 0 Å². The fraction of sp³-hybridized carbons (Fsp3) is 1.00. The smallest absolute Gasteiger partial charge is 0.0512 e. The van der Waals surface area contributed by atoms with Gasteiger partial charge in [-0.2, -0.15) is 0 Å². The molecule has 0 heterocycles. The van der Waals surface area contributed by atoms with E-state index in [-0.39, 0.29) is 0 Å². The third-order valence-electron chi connectivity index (χ3n) is 8.18. The maximum atomic E-state index is 2.62. The Morgan fingerprint density at radius 1 is 0.923 bits per heavy atom. The molecule has 1 heteroatoms. The van der Waals surface area contributed by atoms with E-state index in [1.54, 1.807) is 25.7 Å². The Labute approximate surface area is 79.9 Å². The van der Waals surface area contributed by atoms with Gasteiger partial charge < -0.3 is 0 Å². The molecule has 0 aromatic carbocycles. The van der Waals surface area contributed by atoms with E-state index in [4.69, 9.17) is 0 Å². The summed E-state index contributed by atoms with van der Waals surface area (Å²) in [6.45, 7) is 0. The lowest BCUT2D eigenvalue weighted by Gasteiger charge is -3.09. The second-order valence-corrected chi connectivity index (χ2v) is 7.37. The van der Waals surface area contributed by atoms with E-state index in [2.05, 4.69) is 7.85 Å². The van der Waals surface area contributed by atoms with Crippen LogP contribution in [0.1, 0.15) is 25.7 Å². The van der Waals surface area contributed by atoms with Crippen LogP contribution >= 0.6 is 0 Å². The monoisotopic (exact) mass is 170 g/mol. The highest BCUT2D eigenvalue weighted by atomic mass is 15.1. The summed E-state index contributed by atoms with van der Waals surface area (Å²) in [6.07, 6.45) is 6.59. The van der Waals surface area contributed by atoms with Gasteiger partial charge in [-0.1, -0.05) is 18.2 Å². The maximum Gasteiger partial charge on any atom is 0.110 e. The Morgan fingerprint density at radius 2 is 1.54 bits per heavy atom. The van der Waals surface area contributed by atoms with E-state index >= 15 is 0 Å². The van der Waals surface area contributed by atoms with Crippen molar-refractivity contribution in [3.05, 3.63) is 0 Å². The van der Waals surface area contributed by atoms with E-state index in [0.29, 0.717) is 0 Å². The molecule has 0 aliphatic heterocycles. The van der Waals surface area contributed by atoms with Gasteiger partial charge in [-0.3, -0.25) is 0 Å². The molecule has 6 fully saturated rings.